The second-order valence-electron chi connectivity index (χ2n) is 5.21. The van der Waals surface area contributed by atoms with E-state index in [2.05, 4.69) is 38.1 Å². The SMILES string of the molecule is CCCN1CCN(C(=O)c2cc(Br)cnc2NCC)CC1. The van der Waals surface area contributed by atoms with E-state index in [9.17, 15) is 4.79 Å². The first-order valence-corrected chi connectivity index (χ1v) is 8.36. The molecule has 0 spiro atoms. The molecule has 0 atom stereocenters. The van der Waals surface area contributed by atoms with Crippen molar-refractivity contribution >= 4 is 27.7 Å². The van der Waals surface area contributed by atoms with Crippen LogP contribution in [0.4, 0.5) is 5.82 Å². The molecule has 2 rings (SSSR count). The van der Waals surface area contributed by atoms with E-state index in [-0.39, 0.29) is 5.91 Å². The van der Waals surface area contributed by atoms with Gasteiger partial charge in [-0.3, -0.25) is 9.69 Å². The van der Waals surface area contributed by atoms with E-state index in [1.54, 1.807) is 6.20 Å². The number of piperazine rings is 1. The summed E-state index contributed by atoms with van der Waals surface area (Å²) in [6.07, 6.45) is 2.88. The molecule has 1 N–H and O–H groups in total. The van der Waals surface area contributed by atoms with Gasteiger partial charge in [-0.1, -0.05) is 6.92 Å². The van der Waals surface area contributed by atoms with Gasteiger partial charge >= 0.3 is 0 Å². The first kappa shape index (κ1) is 16.2. The molecule has 5 nitrogen and oxygen atoms in total. The fourth-order valence-electron chi connectivity index (χ4n) is 2.57. The van der Waals surface area contributed by atoms with Crippen LogP contribution in [0, 0.1) is 0 Å². The lowest BCUT2D eigenvalue weighted by molar-refractivity contribution is 0.0638. The number of hydrogen-bond donors (Lipinski definition) is 1. The number of rotatable bonds is 5. The first-order chi connectivity index (χ1) is 10.2. The molecular formula is C15H23BrN4O. The molecule has 21 heavy (non-hydrogen) atoms. The lowest BCUT2D eigenvalue weighted by Crippen LogP contribution is -2.48. The highest BCUT2D eigenvalue weighted by Gasteiger charge is 2.24. The summed E-state index contributed by atoms with van der Waals surface area (Å²) in [5.74, 6) is 0.734. The summed E-state index contributed by atoms with van der Waals surface area (Å²) in [5, 5.41) is 3.16. The number of carbonyl (C=O) groups is 1. The van der Waals surface area contributed by atoms with Crippen molar-refractivity contribution in [3.05, 3.63) is 22.3 Å². The number of aromatic nitrogens is 1. The Kier molecular flexibility index (Phi) is 5.99. The quantitative estimate of drug-likeness (QED) is 0.882. The van der Waals surface area contributed by atoms with Crippen molar-refractivity contribution in [2.24, 2.45) is 0 Å². The van der Waals surface area contributed by atoms with Crippen LogP contribution >= 0.6 is 15.9 Å². The normalized spacial score (nSPS) is 16.0. The van der Waals surface area contributed by atoms with Gasteiger partial charge in [0.05, 0.1) is 5.56 Å². The highest BCUT2D eigenvalue weighted by molar-refractivity contribution is 9.10. The second kappa shape index (κ2) is 7.75. The first-order valence-electron chi connectivity index (χ1n) is 7.56. The largest absolute Gasteiger partial charge is 0.370 e. The summed E-state index contributed by atoms with van der Waals surface area (Å²) >= 11 is 3.40. The van der Waals surface area contributed by atoms with E-state index in [0.29, 0.717) is 11.4 Å². The monoisotopic (exact) mass is 354 g/mol. The molecule has 0 unspecified atom stereocenters. The lowest BCUT2D eigenvalue weighted by atomic mass is 10.2. The molecule has 6 heteroatoms. The van der Waals surface area contributed by atoms with Crippen LogP contribution < -0.4 is 5.32 Å². The zero-order chi connectivity index (χ0) is 15.2. The molecular weight excluding hydrogens is 332 g/mol. The van der Waals surface area contributed by atoms with Gasteiger partial charge in [-0.25, -0.2) is 4.98 Å². The summed E-state index contributed by atoms with van der Waals surface area (Å²) < 4.78 is 0.831. The van der Waals surface area contributed by atoms with Crippen LogP contribution in [-0.2, 0) is 0 Å². The highest BCUT2D eigenvalue weighted by Crippen LogP contribution is 2.20. The third-order valence-corrected chi connectivity index (χ3v) is 4.06. The average molecular weight is 355 g/mol. The van der Waals surface area contributed by atoms with Crippen LogP contribution in [0.25, 0.3) is 0 Å². The Morgan fingerprint density at radius 1 is 1.33 bits per heavy atom. The standard InChI is InChI=1S/C15H23BrN4O/c1-3-5-19-6-8-20(9-7-19)15(21)13-10-12(16)11-18-14(13)17-4-2/h10-11H,3-9H2,1-2H3,(H,17,18). The third kappa shape index (κ3) is 4.17. The van der Waals surface area contributed by atoms with Gasteiger partial charge in [0.2, 0.25) is 0 Å². The lowest BCUT2D eigenvalue weighted by Gasteiger charge is -2.34. The van der Waals surface area contributed by atoms with Gasteiger partial charge in [-0.2, -0.15) is 0 Å². The highest BCUT2D eigenvalue weighted by atomic mass is 79.9. The van der Waals surface area contributed by atoms with Crippen molar-refractivity contribution < 1.29 is 4.79 Å². The van der Waals surface area contributed by atoms with E-state index < -0.39 is 0 Å². The molecule has 0 aromatic carbocycles. The number of hydrogen-bond acceptors (Lipinski definition) is 4. The van der Waals surface area contributed by atoms with E-state index in [4.69, 9.17) is 0 Å². The Bertz CT molecular complexity index is 487. The van der Waals surface area contributed by atoms with Crippen LogP contribution in [0.3, 0.4) is 0 Å². The fraction of sp³-hybridized carbons (Fsp3) is 0.600. The van der Waals surface area contributed by atoms with E-state index in [1.165, 1.54) is 0 Å². The zero-order valence-corrected chi connectivity index (χ0v) is 14.3. The Morgan fingerprint density at radius 2 is 2.05 bits per heavy atom. The van der Waals surface area contributed by atoms with Crippen LogP contribution in [-0.4, -0.2) is 60.0 Å². The second-order valence-corrected chi connectivity index (χ2v) is 6.13. The van der Waals surface area contributed by atoms with Gasteiger partial charge in [-0.05, 0) is 41.9 Å². The van der Waals surface area contributed by atoms with Crippen molar-refractivity contribution in [3.8, 4) is 0 Å². The molecule has 1 aromatic heterocycles. The Hall–Kier alpha value is -1.14. The zero-order valence-electron chi connectivity index (χ0n) is 12.7. The molecule has 1 aliphatic rings. The molecule has 0 bridgehead atoms. The molecule has 2 heterocycles. The summed E-state index contributed by atoms with van der Waals surface area (Å²) in [5.41, 5.74) is 0.648. The molecule has 1 amide bonds. The molecule has 1 aromatic rings. The maximum Gasteiger partial charge on any atom is 0.257 e. The average Bonchev–Trinajstić information content (AvgIpc) is 2.50. The van der Waals surface area contributed by atoms with Crippen LogP contribution in [0.5, 0.6) is 0 Å². The van der Waals surface area contributed by atoms with Crippen molar-refractivity contribution in [1.29, 1.82) is 0 Å². The van der Waals surface area contributed by atoms with Crippen LogP contribution in [0.15, 0.2) is 16.7 Å². The van der Waals surface area contributed by atoms with E-state index >= 15 is 0 Å². The predicted molar refractivity (Wildman–Crippen MR) is 88.7 cm³/mol. The Labute approximate surface area is 134 Å². The molecule has 0 saturated carbocycles. The summed E-state index contributed by atoms with van der Waals surface area (Å²) in [6.45, 7) is 9.54. The van der Waals surface area contributed by atoms with E-state index in [1.807, 2.05) is 17.9 Å². The van der Waals surface area contributed by atoms with Crippen molar-refractivity contribution in [3.63, 3.8) is 0 Å². The van der Waals surface area contributed by atoms with Gasteiger partial charge in [-0.15, -0.1) is 0 Å². The minimum Gasteiger partial charge on any atom is -0.370 e. The van der Waals surface area contributed by atoms with Gasteiger partial charge in [0.1, 0.15) is 5.82 Å². The number of amides is 1. The summed E-state index contributed by atoms with van der Waals surface area (Å²) in [7, 11) is 0. The van der Waals surface area contributed by atoms with Gasteiger partial charge < -0.3 is 10.2 Å². The topological polar surface area (TPSA) is 48.5 Å². The van der Waals surface area contributed by atoms with E-state index in [0.717, 1.165) is 50.2 Å². The van der Waals surface area contributed by atoms with Crippen LogP contribution in [0.1, 0.15) is 30.6 Å². The summed E-state index contributed by atoms with van der Waals surface area (Å²) in [6, 6.07) is 1.85. The Balaban J connectivity index is 2.08. The molecule has 116 valence electrons. The van der Waals surface area contributed by atoms with Crippen molar-refractivity contribution in [2.75, 3.05) is 44.6 Å². The predicted octanol–water partition coefficient (Wildman–Crippen LogP) is 2.44. The maximum absolute atomic E-state index is 12.7. The van der Waals surface area contributed by atoms with Crippen LogP contribution in [0.2, 0.25) is 0 Å². The number of nitrogens with one attached hydrogen (secondary N) is 1. The Morgan fingerprint density at radius 3 is 2.67 bits per heavy atom. The molecule has 1 fully saturated rings. The smallest absolute Gasteiger partial charge is 0.257 e. The molecule has 0 aliphatic carbocycles. The maximum atomic E-state index is 12.7. The fourth-order valence-corrected chi connectivity index (χ4v) is 2.90. The van der Waals surface area contributed by atoms with Crippen molar-refractivity contribution in [1.82, 2.24) is 14.8 Å². The number of carbonyl (C=O) groups excluding carboxylic acids is 1. The van der Waals surface area contributed by atoms with Gasteiger partial charge in [0.25, 0.3) is 5.91 Å². The molecule has 0 radical (unpaired) electrons. The number of anilines is 1. The number of halogens is 1. The van der Waals surface area contributed by atoms with Crippen molar-refractivity contribution in [2.45, 2.75) is 20.3 Å². The summed E-state index contributed by atoms with van der Waals surface area (Å²) in [4.78, 5) is 21.4. The molecule has 1 aliphatic heterocycles. The third-order valence-electron chi connectivity index (χ3n) is 3.63. The number of pyridine rings is 1. The van der Waals surface area contributed by atoms with Gasteiger partial charge in [0.15, 0.2) is 0 Å². The minimum atomic E-state index is 0.0656. The minimum absolute atomic E-state index is 0.0656. The molecule has 1 saturated heterocycles. The van der Waals surface area contributed by atoms with Gasteiger partial charge in [0, 0.05) is 43.4 Å². The number of nitrogens with zero attached hydrogens (tertiary/aromatic N) is 3.